The molecule has 0 spiro atoms. The molecule has 2 fully saturated rings. The van der Waals surface area contributed by atoms with Gasteiger partial charge in [-0.15, -0.1) is 0 Å². The number of allylic oxidation sites excluding steroid dienone is 4. The van der Waals surface area contributed by atoms with Gasteiger partial charge in [-0.25, -0.2) is 4.57 Å². The van der Waals surface area contributed by atoms with E-state index in [1.54, 1.807) is 0 Å². The monoisotopic (exact) mass is 440 g/mol. The standard InChI is InChI=1S/C24H45N2O3P/c1-5-21(25-19-15-11-9-12-16-19)23(7-3)28-30(27)29-24(8-4)22(6-2)26-20-17-13-10-14-18-20/h19-20,25-26,30H,5-18H2,1-4H3. The third-order valence-corrected chi connectivity index (χ3v) is 7.23. The van der Waals surface area contributed by atoms with Gasteiger partial charge in [-0.3, -0.25) is 0 Å². The van der Waals surface area contributed by atoms with Crippen molar-refractivity contribution in [3.05, 3.63) is 22.9 Å². The van der Waals surface area contributed by atoms with Crippen LogP contribution in [0.3, 0.4) is 0 Å². The summed E-state index contributed by atoms with van der Waals surface area (Å²) < 4.78 is 24.6. The lowest BCUT2D eigenvalue weighted by Crippen LogP contribution is -2.31. The Morgan fingerprint density at radius 1 is 0.667 bits per heavy atom. The van der Waals surface area contributed by atoms with E-state index in [1.807, 2.05) is 0 Å². The summed E-state index contributed by atoms with van der Waals surface area (Å²) in [6.45, 7) is 8.37. The van der Waals surface area contributed by atoms with E-state index < -0.39 is 8.25 Å². The third-order valence-electron chi connectivity index (χ3n) is 6.40. The van der Waals surface area contributed by atoms with Gasteiger partial charge in [-0.2, -0.15) is 0 Å². The molecule has 0 aliphatic heterocycles. The van der Waals surface area contributed by atoms with E-state index in [0.717, 1.165) is 48.6 Å². The van der Waals surface area contributed by atoms with Crippen molar-refractivity contribution in [2.45, 2.75) is 130 Å². The summed E-state index contributed by atoms with van der Waals surface area (Å²) in [5.41, 5.74) is 2.17. The summed E-state index contributed by atoms with van der Waals surface area (Å²) in [6.07, 6.45) is 15.8. The highest BCUT2D eigenvalue weighted by Crippen LogP contribution is 2.36. The first-order valence-electron chi connectivity index (χ1n) is 12.5. The second-order valence-electron chi connectivity index (χ2n) is 8.63. The lowest BCUT2D eigenvalue weighted by atomic mass is 9.95. The first-order chi connectivity index (χ1) is 14.6. The fraction of sp³-hybridized carbons (Fsp3) is 0.833. The highest BCUT2D eigenvalue weighted by Gasteiger charge is 2.19. The minimum atomic E-state index is -2.65. The van der Waals surface area contributed by atoms with Gasteiger partial charge in [-0.05, 0) is 38.5 Å². The topological polar surface area (TPSA) is 59.6 Å². The van der Waals surface area contributed by atoms with Crippen molar-refractivity contribution in [3.8, 4) is 0 Å². The van der Waals surface area contributed by atoms with Gasteiger partial charge in [-0.1, -0.05) is 66.2 Å². The molecule has 0 aromatic heterocycles. The summed E-state index contributed by atoms with van der Waals surface area (Å²) in [7, 11) is -2.65. The van der Waals surface area contributed by atoms with Crippen molar-refractivity contribution >= 4 is 8.25 Å². The Balaban J connectivity index is 2.02. The molecular formula is C24H45N2O3P. The van der Waals surface area contributed by atoms with Crippen LogP contribution in [0.5, 0.6) is 0 Å². The molecule has 0 aromatic carbocycles. The van der Waals surface area contributed by atoms with E-state index in [1.165, 1.54) is 64.2 Å². The largest absolute Gasteiger partial charge is 0.421 e. The second kappa shape index (κ2) is 14.1. The number of hydrogen-bond acceptors (Lipinski definition) is 5. The van der Waals surface area contributed by atoms with Crippen molar-refractivity contribution in [3.63, 3.8) is 0 Å². The SMILES string of the molecule is CCC(NC1CCCCC1)=C(CC)O[PH](=O)OC(CC)=C(CC)NC1CCCCC1. The van der Waals surface area contributed by atoms with Gasteiger partial charge >= 0.3 is 8.25 Å². The van der Waals surface area contributed by atoms with E-state index in [4.69, 9.17) is 9.05 Å². The second-order valence-corrected chi connectivity index (χ2v) is 9.54. The first-order valence-corrected chi connectivity index (χ1v) is 13.7. The Kier molecular flexibility index (Phi) is 11.8. The highest BCUT2D eigenvalue weighted by molar-refractivity contribution is 7.33. The molecule has 5 nitrogen and oxygen atoms in total. The van der Waals surface area contributed by atoms with Gasteiger partial charge in [0.15, 0.2) is 0 Å². The molecule has 0 atom stereocenters. The molecule has 2 saturated carbocycles. The van der Waals surface area contributed by atoms with Crippen LogP contribution < -0.4 is 10.6 Å². The summed E-state index contributed by atoms with van der Waals surface area (Å²) in [5.74, 6) is 1.58. The molecule has 0 radical (unpaired) electrons. The van der Waals surface area contributed by atoms with Crippen LogP contribution in [0, 0.1) is 0 Å². The van der Waals surface area contributed by atoms with Gasteiger partial charge in [0.05, 0.1) is 0 Å². The van der Waals surface area contributed by atoms with Gasteiger partial charge in [0.25, 0.3) is 0 Å². The van der Waals surface area contributed by atoms with Crippen LogP contribution >= 0.6 is 8.25 Å². The predicted molar refractivity (Wildman–Crippen MR) is 126 cm³/mol. The fourth-order valence-electron chi connectivity index (χ4n) is 4.66. The predicted octanol–water partition coefficient (Wildman–Crippen LogP) is 7.32. The zero-order chi connectivity index (χ0) is 21.8. The zero-order valence-corrected chi connectivity index (χ0v) is 20.8. The Morgan fingerprint density at radius 3 is 1.33 bits per heavy atom. The zero-order valence-electron chi connectivity index (χ0n) is 19.8. The molecule has 6 heteroatoms. The van der Waals surface area contributed by atoms with Crippen LogP contribution in [0.4, 0.5) is 0 Å². The Bertz CT molecular complexity index is 541. The molecule has 0 bridgehead atoms. The first kappa shape index (κ1) is 25.2. The molecule has 0 saturated heterocycles. The Morgan fingerprint density at radius 2 is 1.03 bits per heavy atom. The molecule has 2 N–H and O–H groups in total. The Labute approximate surface area is 185 Å². The molecule has 30 heavy (non-hydrogen) atoms. The average Bonchev–Trinajstić information content (AvgIpc) is 2.79. The van der Waals surface area contributed by atoms with Crippen LogP contribution in [0.15, 0.2) is 22.9 Å². The van der Waals surface area contributed by atoms with Crippen molar-refractivity contribution in [1.29, 1.82) is 0 Å². The molecule has 0 heterocycles. The van der Waals surface area contributed by atoms with E-state index in [9.17, 15) is 4.57 Å². The van der Waals surface area contributed by atoms with Crippen LogP contribution in [0.1, 0.15) is 118 Å². The van der Waals surface area contributed by atoms with Crippen LogP contribution in [-0.2, 0) is 13.6 Å². The van der Waals surface area contributed by atoms with E-state index >= 15 is 0 Å². The molecule has 0 unspecified atom stereocenters. The van der Waals surface area contributed by atoms with Crippen LogP contribution in [-0.4, -0.2) is 12.1 Å². The lowest BCUT2D eigenvalue weighted by molar-refractivity contribution is 0.289. The molecular weight excluding hydrogens is 395 g/mol. The Hall–Kier alpha value is -1.09. The number of rotatable bonds is 12. The summed E-state index contributed by atoms with van der Waals surface area (Å²) in [6, 6.07) is 1.03. The number of nitrogens with one attached hydrogen (secondary N) is 2. The minimum absolute atomic E-state index is 0.513. The third kappa shape index (κ3) is 8.21. The van der Waals surface area contributed by atoms with Gasteiger partial charge < -0.3 is 19.7 Å². The quantitative estimate of drug-likeness (QED) is 0.246. The van der Waals surface area contributed by atoms with Gasteiger partial charge in [0.2, 0.25) is 0 Å². The van der Waals surface area contributed by atoms with Crippen molar-refractivity contribution < 1.29 is 13.6 Å². The normalized spacial score (nSPS) is 21.3. The summed E-state index contributed by atoms with van der Waals surface area (Å²) in [5, 5.41) is 7.34. The summed E-state index contributed by atoms with van der Waals surface area (Å²) >= 11 is 0. The maximum Gasteiger partial charge on any atom is 0.418 e. The maximum absolute atomic E-state index is 12.8. The molecule has 0 amide bonds. The highest BCUT2D eigenvalue weighted by atomic mass is 31.1. The molecule has 2 aliphatic rings. The molecule has 2 rings (SSSR count). The van der Waals surface area contributed by atoms with Crippen molar-refractivity contribution in [2.24, 2.45) is 0 Å². The van der Waals surface area contributed by atoms with Crippen LogP contribution in [0.2, 0.25) is 0 Å². The van der Waals surface area contributed by atoms with Crippen molar-refractivity contribution in [1.82, 2.24) is 10.6 Å². The van der Waals surface area contributed by atoms with E-state index in [-0.39, 0.29) is 0 Å². The molecule has 0 aromatic rings. The fourth-order valence-corrected chi connectivity index (χ4v) is 5.64. The minimum Gasteiger partial charge on any atom is -0.421 e. The smallest absolute Gasteiger partial charge is 0.418 e. The van der Waals surface area contributed by atoms with Gasteiger partial charge in [0, 0.05) is 36.3 Å². The van der Waals surface area contributed by atoms with Crippen molar-refractivity contribution in [2.75, 3.05) is 0 Å². The van der Waals surface area contributed by atoms with Crippen LogP contribution in [0.25, 0.3) is 0 Å². The summed E-state index contributed by atoms with van der Waals surface area (Å²) in [4.78, 5) is 0. The average molecular weight is 441 g/mol. The maximum atomic E-state index is 12.8. The molecule has 2 aliphatic carbocycles. The van der Waals surface area contributed by atoms with Gasteiger partial charge in [0.1, 0.15) is 11.5 Å². The molecule has 174 valence electrons. The van der Waals surface area contributed by atoms with E-state index in [0.29, 0.717) is 12.1 Å². The van der Waals surface area contributed by atoms with E-state index in [2.05, 4.69) is 38.3 Å². The number of hydrogen-bond donors (Lipinski definition) is 2. The lowest BCUT2D eigenvalue weighted by Gasteiger charge is -2.27.